The van der Waals surface area contributed by atoms with E-state index in [1.54, 1.807) is 0 Å². The average Bonchev–Trinajstić information content (AvgIpc) is 3.10. The van der Waals surface area contributed by atoms with Crippen LogP contribution < -0.4 is 0 Å². The summed E-state index contributed by atoms with van der Waals surface area (Å²) in [6, 6.07) is 8.40. The summed E-state index contributed by atoms with van der Waals surface area (Å²) in [6.07, 6.45) is 3.59. The smallest absolute Gasteiger partial charge is 0.200 e. The SMILES string of the molecule is Cc1cccc(-n2c(-c3csc4c3CC[C@@H](C)C4)n[nH]c2=S)c1. The van der Waals surface area contributed by atoms with Crippen LogP contribution in [0, 0.1) is 17.6 Å². The second-order valence-corrected chi connectivity index (χ2v) is 7.78. The standard InChI is InChI=1S/C18H19N3S2/c1-11-4-3-5-13(8-11)21-17(19-20-18(21)22)15-10-23-16-9-12(2)6-7-14(15)16/h3-5,8,10,12H,6-7,9H2,1-2H3,(H,20,22)/t12-/m1/s1. The van der Waals surface area contributed by atoms with Gasteiger partial charge in [-0.3, -0.25) is 9.67 Å². The van der Waals surface area contributed by atoms with Crippen molar-refractivity contribution in [1.82, 2.24) is 14.8 Å². The van der Waals surface area contributed by atoms with Crippen molar-refractivity contribution in [2.75, 3.05) is 0 Å². The first-order valence-electron chi connectivity index (χ1n) is 7.97. The van der Waals surface area contributed by atoms with Crippen LogP contribution in [0.3, 0.4) is 0 Å². The first-order chi connectivity index (χ1) is 11.1. The highest BCUT2D eigenvalue weighted by molar-refractivity contribution is 7.71. The Morgan fingerprint density at radius 1 is 1.39 bits per heavy atom. The van der Waals surface area contributed by atoms with Crippen molar-refractivity contribution >= 4 is 23.6 Å². The number of aryl methyl sites for hydroxylation is 1. The molecule has 3 aromatic rings. The predicted octanol–water partition coefficient (Wildman–Crippen LogP) is 5.09. The van der Waals surface area contributed by atoms with Gasteiger partial charge in [0.1, 0.15) is 0 Å². The van der Waals surface area contributed by atoms with Crippen LogP contribution in [0.1, 0.15) is 29.3 Å². The molecular weight excluding hydrogens is 322 g/mol. The third-order valence-corrected chi connectivity index (χ3v) is 5.90. The fourth-order valence-electron chi connectivity index (χ4n) is 3.35. The van der Waals surface area contributed by atoms with Crippen LogP contribution in [0.5, 0.6) is 0 Å². The lowest BCUT2D eigenvalue weighted by Crippen LogP contribution is -2.09. The maximum Gasteiger partial charge on any atom is 0.200 e. The van der Waals surface area contributed by atoms with Crippen molar-refractivity contribution in [1.29, 1.82) is 0 Å². The zero-order valence-electron chi connectivity index (χ0n) is 13.3. The summed E-state index contributed by atoms with van der Waals surface area (Å²) in [5, 5.41) is 9.77. The van der Waals surface area contributed by atoms with Gasteiger partial charge in [-0.15, -0.1) is 11.3 Å². The van der Waals surface area contributed by atoms with Gasteiger partial charge in [-0.1, -0.05) is 19.1 Å². The maximum atomic E-state index is 5.49. The number of nitrogens with one attached hydrogen (secondary N) is 1. The van der Waals surface area contributed by atoms with E-state index in [0.717, 1.165) is 23.9 Å². The van der Waals surface area contributed by atoms with Gasteiger partial charge in [-0.2, -0.15) is 5.10 Å². The van der Waals surface area contributed by atoms with Gasteiger partial charge < -0.3 is 0 Å². The summed E-state index contributed by atoms with van der Waals surface area (Å²) < 4.78 is 2.71. The summed E-state index contributed by atoms with van der Waals surface area (Å²) in [4.78, 5) is 1.52. The third kappa shape index (κ3) is 2.58. The molecule has 0 saturated carbocycles. The molecule has 0 bridgehead atoms. The lowest BCUT2D eigenvalue weighted by molar-refractivity contribution is 0.508. The minimum absolute atomic E-state index is 0.648. The molecule has 0 saturated heterocycles. The Balaban J connectivity index is 1.88. The van der Waals surface area contributed by atoms with Gasteiger partial charge in [-0.25, -0.2) is 0 Å². The molecular formula is C18H19N3S2. The molecule has 1 aliphatic carbocycles. The van der Waals surface area contributed by atoms with Crippen LogP contribution in [-0.2, 0) is 12.8 Å². The molecule has 23 heavy (non-hydrogen) atoms. The number of thiophene rings is 1. The highest BCUT2D eigenvalue weighted by Gasteiger charge is 2.23. The Hall–Kier alpha value is -1.72. The van der Waals surface area contributed by atoms with Crippen LogP contribution >= 0.6 is 23.6 Å². The molecule has 2 heterocycles. The molecule has 0 spiro atoms. The molecule has 0 unspecified atom stereocenters. The molecule has 1 aromatic carbocycles. The molecule has 1 N–H and O–H groups in total. The Kier molecular flexibility index (Phi) is 3.70. The van der Waals surface area contributed by atoms with Gasteiger partial charge >= 0.3 is 0 Å². The number of benzene rings is 1. The molecule has 5 heteroatoms. The Bertz CT molecular complexity index is 916. The van der Waals surface area contributed by atoms with E-state index in [1.807, 2.05) is 11.3 Å². The lowest BCUT2D eigenvalue weighted by atomic mass is 9.88. The van der Waals surface area contributed by atoms with Crippen molar-refractivity contribution in [2.45, 2.75) is 33.1 Å². The van der Waals surface area contributed by atoms with Crippen molar-refractivity contribution < 1.29 is 0 Å². The number of hydrogen-bond donors (Lipinski definition) is 1. The summed E-state index contributed by atoms with van der Waals surface area (Å²) in [5.74, 6) is 1.72. The number of aromatic amines is 1. The minimum atomic E-state index is 0.648. The minimum Gasteiger partial charge on any atom is -0.268 e. The molecule has 3 nitrogen and oxygen atoms in total. The molecule has 0 radical (unpaired) electrons. The van der Waals surface area contributed by atoms with Gasteiger partial charge in [0.05, 0.1) is 5.69 Å². The van der Waals surface area contributed by atoms with Crippen LogP contribution in [-0.4, -0.2) is 14.8 Å². The number of fused-ring (bicyclic) bond motifs is 1. The predicted molar refractivity (Wildman–Crippen MR) is 98.0 cm³/mol. The Morgan fingerprint density at radius 2 is 2.26 bits per heavy atom. The summed E-state index contributed by atoms with van der Waals surface area (Å²) >= 11 is 7.36. The van der Waals surface area contributed by atoms with Crippen molar-refractivity contribution in [3.05, 3.63) is 50.4 Å². The van der Waals surface area contributed by atoms with Gasteiger partial charge in [-0.05, 0) is 67.6 Å². The van der Waals surface area contributed by atoms with E-state index >= 15 is 0 Å². The van der Waals surface area contributed by atoms with Crippen LogP contribution in [0.4, 0.5) is 0 Å². The second-order valence-electron chi connectivity index (χ2n) is 6.43. The fourth-order valence-corrected chi connectivity index (χ4v) is 4.83. The molecule has 4 rings (SSSR count). The normalized spacial score (nSPS) is 17.2. The van der Waals surface area contributed by atoms with E-state index in [-0.39, 0.29) is 0 Å². The largest absolute Gasteiger partial charge is 0.268 e. The van der Waals surface area contributed by atoms with E-state index in [4.69, 9.17) is 12.2 Å². The molecule has 1 aliphatic rings. The Morgan fingerprint density at radius 3 is 3.09 bits per heavy atom. The third-order valence-electron chi connectivity index (χ3n) is 4.57. The van der Waals surface area contributed by atoms with E-state index in [0.29, 0.717) is 4.77 Å². The molecule has 0 aliphatic heterocycles. The van der Waals surface area contributed by atoms with Crippen molar-refractivity contribution in [3.8, 4) is 17.1 Å². The maximum absolute atomic E-state index is 5.49. The first-order valence-corrected chi connectivity index (χ1v) is 9.26. The fraction of sp³-hybridized carbons (Fsp3) is 0.333. The number of nitrogens with zero attached hydrogens (tertiary/aromatic N) is 2. The highest BCUT2D eigenvalue weighted by Crippen LogP contribution is 2.38. The van der Waals surface area contributed by atoms with Crippen LogP contribution in [0.25, 0.3) is 17.1 Å². The molecule has 1 atom stereocenters. The molecule has 118 valence electrons. The van der Waals surface area contributed by atoms with Crippen molar-refractivity contribution in [2.24, 2.45) is 5.92 Å². The van der Waals surface area contributed by atoms with Gasteiger partial charge in [0.2, 0.25) is 0 Å². The molecule has 0 amide bonds. The van der Waals surface area contributed by atoms with Crippen LogP contribution in [0.2, 0.25) is 0 Å². The van der Waals surface area contributed by atoms with E-state index in [9.17, 15) is 0 Å². The summed E-state index contributed by atoms with van der Waals surface area (Å²) in [5.41, 5.74) is 5.00. The van der Waals surface area contributed by atoms with E-state index in [2.05, 4.69) is 58.3 Å². The zero-order valence-corrected chi connectivity index (χ0v) is 14.9. The zero-order chi connectivity index (χ0) is 16.0. The molecule has 0 fully saturated rings. The second kappa shape index (κ2) is 5.73. The number of hydrogen-bond acceptors (Lipinski definition) is 3. The van der Waals surface area contributed by atoms with Gasteiger partial charge in [0.25, 0.3) is 0 Å². The summed E-state index contributed by atoms with van der Waals surface area (Å²) in [7, 11) is 0. The number of aromatic nitrogens is 3. The number of H-pyrrole nitrogens is 1. The first kappa shape index (κ1) is 14.8. The van der Waals surface area contributed by atoms with Gasteiger partial charge in [0.15, 0.2) is 10.6 Å². The quantitative estimate of drug-likeness (QED) is 0.659. The highest BCUT2D eigenvalue weighted by atomic mass is 32.1. The molecule has 2 aromatic heterocycles. The van der Waals surface area contributed by atoms with E-state index in [1.165, 1.54) is 34.4 Å². The number of rotatable bonds is 2. The van der Waals surface area contributed by atoms with E-state index < -0.39 is 0 Å². The average molecular weight is 342 g/mol. The summed E-state index contributed by atoms with van der Waals surface area (Å²) in [6.45, 7) is 4.44. The topological polar surface area (TPSA) is 33.6 Å². The monoisotopic (exact) mass is 341 g/mol. The van der Waals surface area contributed by atoms with Crippen molar-refractivity contribution in [3.63, 3.8) is 0 Å². The van der Waals surface area contributed by atoms with Crippen LogP contribution in [0.15, 0.2) is 29.6 Å². The van der Waals surface area contributed by atoms with Gasteiger partial charge in [0, 0.05) is 15.8 Å². The Labute approximate surface area is 145 Å². The lowest BCUT2D eigenvalue weighted by Gasteiger charge is -2.19.